The Morgan fingerprint density at radius 2 is 2.25 bits per heavy atom. The van der Waals surface area contributed by atoms with Crippen LogP contribution in [0.25, 0.3) is 10.6 Å². The van der Waals surface area contributed by atoms with Gasteiger partial charge in [0.1, 0.15) is 10.7 Å². The highest BCUT2D eigenvalue weighted by molar-refractivity contribution is 9.11. The zero-order valence-electron chi connectivity index (χ0n) is 5.95. The Labute approximate surface area is 86.2 Å². The highest BCUT2D eigenvalue weighted by Crippen LogP contribution is 2.34. The van der Waals surface area contributed by atoms with Gasteiger partial charge in [-0.1, -0.05) is 0 Å². The molecule has 2 nitrogen and oxygen atoms in total. The Balaban J connectivity index is 2.50. The SMILES string of the molecule is Nc1scnc1-c1ccc(Br)s1. The van der Waals surface area contributed by atoms with E-state index in [1.807, 2.05) is 12.1 Å². The van der Waals surface area contributed by atoms with Crippen LogP contribution in [-0.2, 0) is 0 Å². The van der Waals surface area contributed by atoms with Gasteiger partial charge in [-0.05, 0) is 28.1 Å². The molecule has 2 N–H and O–H groups in total. The lowest BCUT2D eigenvalue weighted by molar-refractivity contribution is 1.43. The molecule has 0 radical (unpaired) electrons. The van der Waals surface area contributed by atoms with Crippen LogP contribution in [0.3, 0.4) is 0 Å². The van der Waals surface area contributed by atoms with E-state index >= 15 is 0 Å². The van der Waals surface area contributed by atoms with E-state index in [0.29, 0.717) is 0 Å². The standard InChI is InChI=1S/C7H5BrN2S2/c8-5-2-1-4(12-5)6-7(9)11-3-10-6/h1-3H,9H2. The molecule has 0 aliphatic rings. The lowest BCUT2D eigenvalue weighted by Crippen LogP contribution is -1.81. The minimum atomic E-state index is 0.782. The third-order valence-corrected chi connectivity index (χ3v) is 3.69. The van der Waals surface area contributed by atoms with Crippen LogP contribution >= 0.6 is 38.6 Å². The van der Waals surface area contributed by atoms with Crippen molar-refractivity contribution in [1.82, 2.24) is 4.98 Å². The molecule has 0 bridgehead atoms. The molecule has 2 aromatic rings. The second kappa shape index (κ2) is 3.16. The van der Waals surface area contributed by atoms with E-state index in [0.717, 1.165) is 19.4 Å². The molecule has 0 aliphatic heterocycles. The lowest BCUT2D eigenvalue weighted by Gasteiger charge is -1.90. The van der Waals surface area contributed by atoms with Gasteiger partial charge in [0.15, 0.2) is 0 Å². The van der Waals surface area contributed by atoms with Gasteiger partial charge in [-0.25, -0.2) is 4.98 Å². The summed E-state index contributed by atoms with van der Waals surface area (Å²) in [6, 6.07) is 4.01. The van der Waals surface area contributed by atoms with Gasteiger partial charge < -0.3 is 5.73 Å². The smallest absolute Gasteiger partial charge is 0.115 e. The maximum atomic E-state index is 5.73. The number of thiophene rings is 1. The van der Waals surface area contributed by atoms with Gasteiger partial charge in [-0.2, -0.15) is 0 Å². The van der Waals surface area contributed by atoms with Gasteiger partial charge in [0.25, 0.3) is 0 Å². The summed E-state index contributed by atoms with van der Waals surface area (Å²) in [5, 5.41) is 0.782. The summed E-state index contributed by atoms with van der Waals surface area (Å²) in [5.74, 6) is 0. The third-order valence-electron chi connectivity index (χ3n) is 1.40. The molecular formula is C7H5BrN2S2. The fourth-order valence-electron chi connectivity index (χ4n) is 0.882. The monoisotopic (exact) mass is 260 g/mol. The van der Waals surface area contributed by atoms with Crippen LogP contribution in [0.2, 0.25) is 0 Å². The van der Waals surface area contributed by atoms with Crippen LogP contribution < -0.4 is 5.73 Å². The molecule has 2 aromatic heterocycles. The third kappa shape index (κ3) is 1.39. The van der Waals surface area contributed by atoms with Crippen molar-refractivity contribution >= 4 is 43.6 Å². The number of halogens is 1. The number of rotatable bonds is 1. The highest BCUT2D eigenvalue weighted by Gasteiger charge is 2.07. The molecule has 0 amide bonds. The van der Waals surface area contributed by atoms with Crippen molar-refractivity contribution in [2.24, 2.45) is 0 Å². The lowest BCUT2D eigenvalue weighted by atomic mass is 10.4. The van der Waals surface area contributed by atoms with E-state index in [2.05, 4.69) is 20.9 Å². The quantitative estimate of drug-likeness (QED) is 0.856. The fraction of sp³-hybridized carbons (Fsp3) is 0. The van der Waals surface area contributed by atoms with Gasteiger partial charge in [0.2, 0.25) is 0 Å². The summed E-state index contributed by atoms with van der Waals surface area (Å²) in [7, 11) is 0. The molecule has 0 aliphatic carbocycles. The van der Waals surface area contributed by atoms with Crippen molar-refractivity contribution < 1.29 is 0 Å². The number of hydrogen-bond donors (Lipinski definition) is 1. The minimum Gasteiger partial charge on any atom is -0.389 e. The van der Waals surface area contributed by atoms with Crippen LogP contribution in [0.15, 0.2) is 21.4 Å². The summed E-state index contributed by atoms with van der Waals surface area (Å²) >= 11 is 6.50. The Kier molecular flexibility index (Phi) is 2.16. The van der Waals surface area contributed by atoms with E-state index in [9.17, 15) is 0 Å². The number of nitrogens with zero attached hydrogens (tertiary/aromatic N) is 1. The number of nitrogens with two attached hydrogens (primary N) is 1. The summed E-state index contributed by atoms with van der Waals surface area (Å²) in [5.41, 5.74) is 8.39. The summed E-state index contributed by atoms with van der Waals surface area (Å²) < 4.78 is 1.10. The topological polar surface area (TPSA) is 38.9 Å². The van der Waals surface area contributed by atoms with E-state index in [4.69, 9.17) is 5.73 Å². The zero-order chi connectivity index (χ0) is 8.55. The molecule has 0 unspecified atom stereocenters. The molecule has 0 saturated carbocycles. The summed E-state index contributed by atoms with van der Waals surface area (Å²) in [6.07, 6.45) is 0. The maximum Gasteiger partial charge on any atom is 0.115 e. The van der Waals surface area contributed by atoms with Gasteiger partial charge in [-0.3, -0.25) is 0 Å². The number of thiazole rings is 1. The second-order valence-corrected chi connectivity index (χ2v) is 5.52. The van der Waals surface area contributed by atoms with E-state index < -0.39 is 0 Å². The first-order chi connectivity index (χ1) is 5.77. The predicted molar refractivity (Wildman–Crippen MR) is 57.5 cm³/mol. The molecule has 0 aromatic carbocycles. The van der Waals surface area contributed by atoms with Crippen molar-refractivity contribution in [1.29, 1.82) is 0 Å². The van der Waals surface area contributed by atoms with E-state index in [1.165, 1.54) is 11.3 Å². The fourth-order valence-corrected chi connectivity index (χ4v) is 2.89. The second-order valence-electron chi connectivity index (χ2n) is 2.17. The molecule has 0 fully saturated rings. The van der Waals surface area contributed by atoms with Crippen LogP contribution in [0.1, 0.15) is 0 Å². The van der Waals surface area contributed by atoms with Crippen LogP contribution in [0.4, 0.5) is 5.00 Å². The molecule has 12 heavy (non-hydrogen) atoms. The zero-order valence-corrected chi connectivity index (χ0v) is 9.17. The minimum absolute atomic E-state index is 0.782. The molecule has 2 rings (SSSR count). The van der Waals surface area contributed by atoms with Crippen LogP contribution in [0.5, 0.6) is 0 Å². The Morgan fingerprint density at radius 1 is 1.42 bits per heavy atom. The highest BCUT2D eigenvalue weighted by atomic mass is 79.9. The van der Waals surface area contributed by atoms with Crippen molar-refractivity contribution in [3.8, 4) is 10.6 Å². The van der Waals surface area contributed by atoms with Crippen LogP contribution in [-0.4, -0.2) is 4.98 Å². The molecular weight excluding hydrogens is 256 g/mol. The largest absolute Gasteiger partial charge is 0.389 e. The van der Waals surface area contributed by atoms with Gasteiger partial charge >= 0.3 is 0 Å². The van der Waals surface area contributed by atoms with E-state index in [1.54, 1.807) is 16.8 Å². The molecule has 62 valence electrons. The number of nitrogen functional groups attached to an aromatic ring is 1. The molecule has 0 spiro atoms. The van der Waals surface area contributed by atoms with Gasteiger partial charge in [-0.15, -0.1) is 22.7 Å². The Hall–Kier alpha value is -0.390. The van der Waals surface area contributed by atoms with Crippen molar-refractivity contribution in [2.45, 2.75) is 0 Å². The average Bonchev–Trinajstić information content (AvgIpc) is 2.58. The number of anilines is 1. The first-order valence-corrected chi connectivity index (χ1v) is 5.71. The van der Waals surface area contributed by atoms with Gasteiger partial charge in [0.05, 0.1) is 14.2 Å². The van der Waals surface area contributed by atoms with Gasteiger partial charge in [0, 0.05) is 0 Å². The average molecular weight is 261 g/mol. The first kappa shape index (κ1) is 8.22. The first-order valence-electron chi connectivity index (χ1n) is 3.22. The Morgan fingerprint density at radius 3 is 2.75 bits per heavy atom. The number of hydrogen-bond acceptors (Lipinski definition) is 4. The molecule has 2 heterocycles. The molecule has 0 atom stereocenters. The summed E-state index contributed by atoms with van der Waals surface area (Å²) in [6.45, 7) is 0. The van der Waals surface area contributed by atoms with Crippen molar-refractivity contribution in [3.63, 3.8) is 0 Å². The molecule has 0 saturated heterocycles. The van der Waals surface area contributed by atoms with Crippen molar-refractivity contribution in [3.05, 3.63) is 21.4 Å². The summed E-state index contributed by atoms with van der Waals surface area (Å²) in [4.78, 5) is 5.29. The van der Waals surface area contributed by atoms with Crippen molar-refractivity contribution in [2.75, 3.05) is 5.73 Å². The maximum absolute atomic E-state index is 5.73. The van der Waals surface area contributed by atoms with Crippen LogP contribution in [0, 0.1) is 0 Å². The predicted octanol–water partition coefficient (Wildman–Crippen LogP) is 3.22. The Bertz CT molecular complexity index is 394. The van der Waals surface area contributed by atoms with E-state index in [-0.39, 0.29) is 0 Å². The molecule has 5 heteroatoms. The normalized spacial score (nSPS) is 10.4. The number of aromatic nitrogens is 1.